The van der Waals surface area contributed by atoms with Crippen LogP contribution in [0.4, 0.5) is 5.69 Å². The van der Waals surface area contributed by atoms with Crippen LogP contribution in [-0.2, 0) is 17.8 Å². The first-order valence-corrected chi connectivity index (χ1v) is 12.6. The van der Waals surface area contributed by atoms with Crippen LogP contribution in [0, 0.1) is 0 Å². The topological polar surface area (TPSA) is 45.2 Å². The summed E-state index contributed by atoms with van der Waals surface area (Å²) in [5.74, 6) is -0.0190. The SMILES string of the molecule is C[C@@H]1CCC[C@H](C)N1Cc1ccc2cc(NC(=O)Cc3ccc(-c4ccccc4)cc3)ccc2n1. The number of carbonyl (C=O) groups is 1. The molecule has 3 aromatic carbocycles. The van der Waals surface area contributed by atoms with Gasteiger partial charge in [-0.2, -0.15) is 0 Å². The minimum Gasteiger partial charge on any atom is -0.326 e. The van der Waals surface area contributed by atoms with Crippen LogP contribution in [0.2, 0.25) is 0 Å². The maximum absolute atomic E-state index is 12.7. The highest BCUT2D eigenvalue weighted by Gasteiger charge is 2.24. The largest absolute Gasteiger partial charge is 0.326 e. The van der Waals surface area contributed by atoms with Crippen molar-refractivity contribution in [2.24, 2.45) is 0 Å². The van der Waals surface area contributed by atoms with E-state index >= 15 is 0 Å². The quantitative estimate of drug-likeness (QED) is 0.340. The van der Waals surface area contributed by atoms with Gasteiger partial charge in [0.1, 0.15) is 0 Å². The lowest BCUT2D eigenvalue weighted by atomic mass is 9.97. The predicted molar refractivity (Wildman–Crippen MR) is 144 cm³/mol. The molecule has 2 heterocycles. The van der Waals surface area contributed by atoms with E-state index in [4.69, 9.17) is 4.98 Å². The van der Waals surface area contributed by atoms with Crippen LogP contribution in [0.1, 0.15) is 44.4 Å². The molecule has 1 aliphatic rings. The Morgan fingerprint density at radius 3 is 2.34 bits per heavy atom. The zero-order valence-corrected chi connectivity index (χ0v) is 20.6. The first-order valence-electron chi connectivity index (χ1n) is 12.6. The van der Waals surface area contributed by atoms with Crippen molar-refractivity contribution in [3.63, 3.8) is 0 Å². The van der Waals surface area contributed by atoms with Crippen molar-refractivity contribution < 1.29 is 4.79 Å². The van der Waals surface area contributed by atoms with Gasteiger partial charge in [0, 0.05) is 29.7 Å². The molecule has 1 N–H and O–H groups in total. The molecule has 2 atom stereocenters. The van der Waals surface area contributed by atoms with E-state index in [0.717, 1.165) is 40.0 Å². The molecule has 0 saturated carbocycles. The zero-order valence-electron chi connectivity index (χ0n) is 20.6. The summed E-state index contributed by atoms with van der Waals surface area (Å²) in [7, 11) is 0. The Balaban J connectivity index is 1.22. The number of amides is 1. The van der Waals surface area contributed by atoms with E-state index in [9.17, 15) is 4.79 Å². The lowest BCUT2D eigenvalue weighted by Crippen LogP contribution is -2.43. The third kappa shape index (κ3) is 5.60. The van der Waals surface area contributed by atoms with Gasteiger partial charge < -0.3 is 5.32 Å². The fraction of sp³-hybridized carbons (Fsp3) is 0.290. The Morgan fingerprint density at radius 1 is 0.886 bits per heavy atom. The summed E-state index contributed by atoms with van der Waals surface area (Å²) in [6.07, 6.45) is 4.18. The van der Waals surface area contributed by atoms with Gasteiger partial charge in [0.05, 0.1) is 17.6 Å². The molecular weight excluding hydrogens is 430 g/mol. The number of hydrogen-bond donors (Lipinski definition) is 1. The molecule has 1 saturated heterocycles. The van der Waals surface area contributed by atoms with E-state index in [0.29, 0.717) is 18.5 Å². The summed E-state index contributed by atoms with van der Waals surface area (Å²) in [5, 5.41) is 4.09. The van der Waals surface area contributed by atoms with Crippen molar-refractivity contribution in [2.45, 2.75) is 58.2 Å². The molecule has 0 aliphatic carbocycles. The fourth-order valence-electron chi connectivity index (χ4n) is 5.14. The second-order valence-corrected chi connectivity index (χ2v) is 9.80. The van der Waals surface area contributed by atoms with Crippen LogP contribution in [0.5, 0.6) is 0 Å². The number of nitrogens with zero attached hydrogens (tertiary/aromatic N) is 2. The molecular formula is C31H33N3O. The molecule has 0 spiro atoms. The Kier molecular flexibility index (Phi) is 6.91. The number of anilines is 1. The van der Waals surface area contributed by atoms with E-state index in [2.05, 4.69) is 60.5 Å². The van der Waals surface area contributed by atoms with Gasteiger partial charge in [-0.15, -0.1) is 0 Å². The number of likely N-dealkylation sites (tertiary alicyclic amines) is 1. The second-order valence-electron chi connectivity index (χ2n) is 9.80. The van der Waals surface area contributed by atoms with Gasteiger partial charge in [-0.3, -0.25) is 14.7 Å². The molecule has 0 bridgehead atoms. The van der Waals surface area contributed by atoms with Crippen LogP contribution in [0.3, 0.4) is 0 Å². The highest BCUT2D eigenvalue weighted by atomic mass is 16.1. The van der Waals surface area contributed by atoms with E-state index < -0.39 is 0 Å². The molecule has 1 fully saturated rings. The maximum atomic E-state index is 12.7. The number of hydrogen-bond acceptors (Lipinski definition) is 3. The average molecular weight is 464 g/mol. The maximum Gasteiger partial charge on any atom is 0.228 e. The van der Waals surface area contributed by atoms with Crippen LogP contribution in [0.15, 0.2) is 84.9 Å². The van der Waals surface area contributed by atoms with Gasteiger partial charge in [0.2, 0.25) is 5.91 Å². The molecule has 35 heavy (non-hydrogen) atoms. The Hall–Kier alpha value is -3.50. The summed E-state index contributed by atoms with van der Waals surface area (Å²) >= 11 is 0. The molecule has 0 unspecified atom stereocenters. The van der Waals surface area contributed by atoms with Crippen molar-refractivity contribution in [1.82, 2.24) is 9.88 Å². The zero-order chi connectivity index (χ0) is 24.2. The smallest absolute Gasteiger partial charge is 0.228 e. The Labute approximate surface area is 208 Å². The molecule has 0 radical (unpaired) electrons. The highest BCUT2D eigenvalue weighted by molar-refractivity contribution is 5.94. The number of rotatable bonds is 6. The first kappa shape index (κ1) is 23.3. The number of nitrogens with one attached hydrogen (secondary N) is 1. The Bertz CT molecular complexity index is 1290. The lowest BCUT2D eigenvalue weighted by molar-refractivity contribution is -0.115. The van der Waals surface area contributed by atoms with E-state index in [1.54, 1.807) is 0 Å². The third-order valence-electron chi connectivity index (χ3n) is 7.18. The van der Waals surface area contributed by atoms with E-state index in [1.165, 1.54) is 24.8 Å². The number of fused-ring (bicyclic) bond motifs is 1. The molecule has 1 amide bonds. The predicted octanol–water partition coefficient (Wildman–Crippen LogP) is 6.85. The van der Waals surface area contributed by atoms with Crippen molar-refractivity contribution >= 4 is 22.5 Å². The summed E-state index contributed by atoms with van der Waals surface area (Å²) < 4.78 is 0. The fourth-order valence-corrected chi connectivity index (χ4v) is 5.14. The van der Waals surface area contributed by atoms with E-state index in [-0.39, 0.29) is 5.91 Å². The van der Waals surface area contributed by atoms with Crippen LogP contribution in [0.25, 0.3) is 22.0 Å². The van der Waals surface area contributed by atoms with Gasteiger partial charge in [-0.05, 0) is 67.6 Å². The van der Waals surface area contributed by atoms with Crippen LogP contribution in [-0.4, -0.2) is 27.9 Å². The van der Waals surface area contributed by atoms with Gasteiger partial charge in [-0.25, -0.2) is 0 Å². The molecule has 1 aromatic heterocycles. The molecule has 4 aromatic rings. The van der Waals surface area contributed by atoms with Crippen molar-refractivity contribution in [3.8, 4) is 11.1 Å². The molecule has 1 aliphatic heterocycles. The van der Waals surface area contributed by atoms with E-state index in [1.807, 2.05) is 48.5 Å². The molecule has 5 rings (SSSR count). The normalized spacial score (nSPS) is 18.5. The van der Waals surface area contributed by atoms with Gasteiger partial charge in [0.15, 0.2) is 0 Å². The summed E-state index contributed by atoms with van der Waals surface area (Å²) in [4.78, 5) is 20.2. The van der Waals surface area contributed by atoms with Crippen molar-refractivity contribution in [1.29, 1.82) is 0 Å². The minimum absolute atomic E-state index is 0.0190. The Morgan fingerprint density at radius 2 is 1.60 bits per heavy atom. The van der Waals surface area contributed by atoms with Gasteiger partial charge in [0.25, 0.3) is 0 Å². The molecule has 178 valence electrons. The van der Waals surface area contributed by atoms with Crippen molar-refractivity contribution in [2.75, 3.05) is 5.32 Å². The summed E-state index contributed by atoms with van der Waals surface area (Å²) in [6.45, 7) is 5.53. The van der Waals surface area contributed by atoms with Gasteiger partial charge >= 0.3 is 0 Å². The summed E-state index contributed by atoms with van der Waals surface area (Å²) in [5.41, 5.74) is 6.20. The van der Waals surface area contributed by atoms with Crippen molar-refractivity contribution in [3.05, 3.63) is 96.2 Å². The standard InChI is InChI=1S/C31H33N3O/c1-22-7-6-8-23(2)34(22)21-29-16-15-27-20-28(17-18-30(27)32-29)33-31(35)19-24-11-13-26(14-12-24)25-9-4-3-5-10-25/h3-5,9-18,20,22-23H,6-8,19,21H2,1-2H3,(H,33,35)/t22-,23+. The minimum atomic E-state index is -0.0190. The lowest BCUT2D eigenvalue weighted by Gasteiger charge is -2.38. The third-order valence-corrected chi connectivity index (χ3v) is 7.18. The number of aromatic nitrogens is 1. The molecule has 4 nitrogen and oxygen atoms in total. The summed E-state index contributed by atoms with van der Waals surface area (Å²) in [6, 6.07) is 29.9. The number of benzene rings is 3. The number of piperidine rings is 1. The first-order chi connectivity index (χ1) is 17.0. The number of carbonyl (C=O) groups excluding carboxylic acids is 1. The van der Waals surface area contributed by atoms with Crippen LogP contribution < -0.4 is 5.32 Å². The highest BCUT2D eigenvalue weighted by Crippen LogP contribution is 2.25. The second kappa shape index (κ2) is 10.4. The average Bonchev–Trinajstić information content (AvgIpc) is 2.87. The monoisotopic (exact) mass is 463 g/mol. The van der Waals surface area contributed by atoms with Gasteiger partial charge in [-0.1, -0.05) is 67.1 Å². The number of pyridine rings is 1. The van der Waals surface area contributed by atoms with Crippen LogP contribution >= 0.6 is 0 Å². The molecule has 4 heteroatoms.